The minimum absolute atomic E-state index is 0.218. The predicted octanol–water partition coefficient (Wildman–Crippen LogP) is 2.94. The molecule has 0 saturated carbocycles. The predicted molar refractivity (Wildman–Crippen MR) is 96.2 cm³/mol. The smallest absolute Gasteiger partial charge is 0.314 e. The Morgan fingerprint density at radius 3 is 1.83 bits per heavy atom. The number of hydrogen-bond acceptors (Lipinski definition) is 4. The molecule has 6 nitrogen and oxygen atoms in total. The van der Waals surface area contributed by atoms with Gasteiger partial charge in [0.25, 0.3) is 0 Å². The molecular formula is C17H17N3O3S. The lowest BCUT2D eigenvalue weighted by Gasteiger charge is -2.09. The van der Waals surface area contributed by atoms with Crippen molar-refractivity contribution in [3.8, 4) is 0 Å². The van der Waals surface area contributed by atoms with Crippen molar-refractivity contribution in [1.29, 1.82) is 0 Å². The van der Waals surface area contributed by atoms with Crippen LogP contribution in [-0.2, 0) is 14.4 Å². The van der Waals surface area contributed by atoms with Crippen LogP contribution in [0.4, 0.5) is 17.1 Å². The van der Waals surface area contributed by atoms with Gasteiger partial charge in [-0.3, -0.25) is 14.4 Å². The average molecular weight is 343 g/mol. The van der Waals surface area contributed by atoms with E-state index in [-0.39, 0.29) is 5.91 Å². The van der Waals surface area contributed by atoms with Crippen molar-refractivity contribution in [2.75, 3.05) is 22.2 Å². The molecule has 0 aromatic heterocycles. The molecule has 0 atom stereocenters. The van der Waals surface area contributed by atoms with Crippen molar-refractivity contribution in [2.45, 2.75) is 11.8 Å². The highest BCUT2D eigenvalue weighted by molar-refractivity contribution is 7.98. The van der Waals surface area contributed by atoms with Crippen LogP contribution >= 0.6 is 11.8 Å². The summed E-state index contributed by atoms with van der Waals surface area (Å²) in [5, 5.41) is 7.65. The van der Waals surface area contributed by atoms with Gasteiger partial charge < -0.3 is 16.0 Å². The van der Waals surface area contributed by atoms with E-state index in [1.807, 2.05) is 12.3 Å². The summed E-state index contributed by atoms with van der Waals surface area (Å²) in [4.78, 5) is 36.0. The Hall–Kier alpha value is -2.80. The van der Waals surface area contributed by atoms with Crippen LogP contribution in [0.2, 0.25) is 0 Å². The second-order valence-electron chi connectivity index (χ2n) is 4.90. The molecule has 0 aliphatic heterocycles. The Labute approximate surface area is 144 Å². The van der Waals surface area contributed by atoms with Crippen molar-refractivity contribution in [3.05, 3.63) is 48.5 Å². The number of amides is 3. The lowest BCUT2D eigenvalue weighted by molar-refractivity contribution is -0.132. The van der Waals surface area contributed by atoms with Gasteiger partial charge in [0, 0.05) is 28.9 Å². The quantitative estimate of drug-likeness (QED) is 0.588. The maximum atomic E-state index is 12.0. The molecule has 3 N–H and O–H groups in total. The number of hydrogen-bond donors (Lipinski definition) is 3. The van der Waals surface area contributed by atoms with Gasteiger partial charge in [-0.15, -0.1) is 11.8 Å². The van der Waals surface area contributed by atoms with Gasteiger partial charge in [-0.1, -0.05) is 12.1 Å². The van der Waals surface area contributed by atoms with Crippen molar-refractivity contribution < 1.29 is 14.4 Å². The van der Waals surface area contributed by atoms with Crippen LogP contribution in [-0.4, -0.2) is 24.0 Å². The molecule has 2 aromatic rings. The number of carbonyl (C=O) groups is 3. The van der Waals surface area contributed by atoms with Crippen molar-refractivity contribution in [2.24, 2.45) is 0 Å². The molecule has 0 heterocycles. The number of nitrogens with one attached hydrogen (secondary N) is 3. The minimum Gasteiger partial charge on any atom is -0.326 e. The van der Waals surface area contributed by atoms with Crippen LogP contribution in [0.3, 0.4) is 0 Å². The lowest BCUT2D eigenvalue weighted by atomic mass is 10.2. The molecular weight excluding hydrogens is 326 g/mol. The topological polar surface area (TPSA) is 87.3 Å². The van der Waals surface area contributed by atoms with E-state index in [4.69, 9.17) is 0 Å². The fourth-order valence-corrected chi connectivity index (χ4v) is 2.41. The van der Waals surface area contributed by atoms with Gasteiger partial charge in [0.1, 0.15) is 0 Å². The third kappa shape index (κ3) is 5.13. The Morgan fingerprint density at radius 2 is 1.29 bits per heavy atom. The Morgan fingerprint density at radius 1 is 0.792 bits per heavy atom. The summed E-state index contributed by atoms with van der Waals surface area (Å²) in [7, 11) is 0. The van der Waals surface area contributed by atoms with Gasteiger partial charge in [0.15, 0.2) is 0 Å². The fourth-order valence-electron chi connectivity index (χ4n) is 1.95. The molecule has 2 rings (SSSR count). The highest BCUT2D eigenvalue weighted by Gasteiger charge is 2.14. The zero-order valence-corrected chi connectivity index (χ0v) is 14.1. The number of benzene rings is 2. The van der Waals surface area contributed by atoms with E-state index < -0.39 is 11.8 Å². The average Bonchev–Trinajstić information content (AvgIpc) is 2.54. The third-order valence-corrected chi connectivity index (χ3v) is 3.70. The van der Waals surface area contributed by atoms with Gasteiger partial charge in [-0.2, -0.15) is 0 Å². The van der Waals surface area contributed by atoms with Crippen LogP contribution in [0.25, 0.3) is 0 Å². The molecule has 0 spiro atoms. The molecule has 2 aromatic carbocycles. The molecule has 0 unspecified atom stereocenters. The summed E-state index contributed by atoms with van der Waals surface area (Å²) in [6.45, 7) is 1.39. The van der Waals surface area contributed by atoms with E-state index >= 15 is 0 Å². The van der Waals surface area contributed by atoms with Gasteiger partial charge >= 0.3 is 11.8 Å². The van der Waals surface area contributed by atoms with Gasteiger partial charge in [0.05, 0.1) is 0 Å². The molecule has 124 valence electrons. The maximum Gasteiger partial charge on any atom is 0.314 e. The summed E-state index contributed by atoms with van der Waals surface area (Å²) in [6.07, 6.45) is 1.93. The molecule has 7 heteroatoms. The summed E-state index contributed by atoms with van der Waals surface area (Å²) in [5.74, 6) is -1.77. The first-order valence-electron chi connectivity index (χ1n) is 7.12. The molecule has 0 aliphatic rings. The van der Waals surface area contributed by atoms with Crippen LogP contribution < -0.4 is 16.0 Å². The van der Waals surface area contributed by atoms with Crippen molar-refractivity contribution >= 4 is 46.5 Å². The normalized spacial score (nSPS) is 9.92. The van der Waals surface area contributed by atoms with E-state index in [0.717, 1.165) is 4.90 Å². The highest BCUT2D eigenvalue weighted by Crippen LogP contribution is 2.19. The molecule has 0 bridgehead atoms. The van der Waals surface area contributed by atoms with E-state index in [2.05, 4.69) is 16.0 Å². The summed E-state index contributed by atoms with van der Waals surface area (Å²) in [6, 6.07) is 13.8. The number of rotatable bonds is 4. The van der Waals surface area contributed by atoms with E-state index in [0.29, 0.717) is 17.1 Å². The Bertz CT molecular complexity index is 777. The van der Waals surface area contributed by atoms with Crippen LogP contribution in [0, 0.1) is 0 Å². The molecule has 0 fully saturated rings. The summed E-state index contributed by atoms with van der Waals surface area (Å²) < 4.78 is 0. The molecule has 0 aliphatic carbocycles. The first kappa shape index (κ1) is 17.6. The molecule has 0 radical (unpaired) electrons. The number of carbonyl (C=O) groups excluding carboxylic acids is 3. The van der Waals surface area contributed by atoms with Crippen LogP contribution in [0.5, 0.6) is 0 Å². The second kappa shape index (κ2) is 8.16. The van der Waals surface area contributed by atoms with Gasteiger partial charge in [-0.25, -0.2) is 0 Å². The van der Waals surface area contributed by atoms with Crippen molar-refractivity contribution in [3.63, 3.8) is 0 Å². The van der Waals surface area contributed by atoms with Crippen LogP contribution in [0.1, 0.15) is 6.92 Å². The number of thioether (sulfide) groups is 1. The SMILES string of the molecule is CSc1cccc(NC(=O)C(=O)Nc2cccc(NC(C)=O)c2)c1. The Kier molecular flexibility index (Phi) is 5.97. The van der Waals surface area contributed by atoms with E-state index in [9.17, 15) is 14.4 Å². The molecule has 3 amide bonds. The summed E-state index contributed by atoms with van der Waals surface area (Å²) >= 11 is 1.54. The van der Waals surface area contributed by atoms with E-state index in [1.54, 1.807) is 54.2 Å². The minimum atomic E-state index is -0.787. The van der Waals surface area contributed by atoms with Crippen molar-refractivity contribution in [1.82, 2.24) is 0 Å². The van der Waals surface area contributed by atoms with Crippen LogP contribution in [0.15, 0.2) is 53.4 Å². The molecule has 0 saturated heterocycles. The van der Waals surface area contributed by atoms with Gasteiger partial charge in [-0.05, 0) is 42.7 Å². The monoisotopic (exact) mass is 343 g/mol. The number of anilines is 3. The van der Waals surface area contributed by atoms with E-state index in [1.165, 1.54) is 6.92 Å². The van der Waals surface area contributed by atoms with Gasteiger partial charge in [0.2, 0.25) is 5.91 Å². The third-order valence-electron chi connectivity index (χ3n) is 2.97. The highest BCUT2D eigenvalue weighted by atomic mass is 32.2. The first-order chi connectivity index (χ1) is 11.5. The zero-order valence-electron chi connectivity index (χ0n) is 13.3. The molecule has 24 heavy (non-hydrogen) atoms. The largest absolute Gasteiger partial charge is 0.326 e. The lowest BCUT2D eigenvalue weighted by Crippen LogP contribution is -2.29. The Balaban J connectivity index is 2.01. The second-order valence-corrected chi connectivity index (χ2v) is 5.78. The fraction of sp³-hybridized carbons (Fsp3) is 0.118. The first-order valence-corrected chi connectivity index (χ1v) is 8.34. The zero-order chi connectivity index (χ0) is 17.5. The summed E-state index contributed by atoms with van der Waals surface area (Å²) in [5.41, 5.74) is 1.50. The maximum absolute atomic E-state index is 12.0. The standard InChI is InChI=1S/C17H17N3O3S/c1-11(21)18-12-5-3-6-13(9-12)19-16(22)17(23)20-14-7-4-8-15(10-14)24-2/h3-10H,1-2H3,(H,18,21)(H,19,22)(H,20,23).